The molecule has 2 heteroatoms. The van der Waals surface area contributed by atoms with Crippen LogP contribution in [0.1, 0.15) is 23.1 Å². The minimum atomic E-state index is 0.589. The average molecular weight is 259 g/mol. The largest absolute Gasteiger partial charge is 0.330 e. The zero-order valence-electron chi connectivity index (χ0n) is 10.9. The van der Waals surface area contributed by atoms with Gasteiger partial charge in [-0.15, -0.1) is 0 Å². The summed E-state index contributed by atoms with van der Waals surface area (Å²) in [7, 11) is 0. The molecule has 2 aromatic rings. The van der Waals surface area contributed by atoms with Crippen molar-refractivity contribution < 1.29 is 0 Å². The molecule has 1 heterocycles. The van der Waals surface area contributed by atoms with Gasteiger partial charge in [-0.1, -0.05) is 24.3 Å². The van der Waals surface area contributed by atoms with E-state index in [-0.39, 0.29) is 0 Å². The Morgan fingerprint density at radius 3 is 2.72 bits per heavy atom. The zero-order chi connectivity index (χ0) is 12.8. The van der Waals surface area contributed by atoms with E-state index >= 15 is 0 Å². The van der Waals surface area contributed by atoms with Crippen LogP contribution in [-0.4, -0.2) is 6.54 Å². The molecule has 1 nitrogen and oxygen atoms in total. The maximum absolute atomic E-state index is 5.91. The van der Waals surface area contributed by atoms with Crippen molar-refractivity contribution >= 4 is 11.3 Å². The van der Waals surface area contributed by atoms with Crippen molar-refractivity contribution in [2.24, 2.45) is 11.7 Å². The van der Waals surface area contributed by atoms with Gasteiger partial charge in [-0.25, -0.2) is 0 Å². The molecular weight excluding hydrogens is 238 g/mol. The molecule has 0 aliphatic heterocycles. The van der Waals surface area contributed by atoms with E-state index in [0.717, 1.165) is 19.4 Å². The Kier molecular flexibility index (Phi) is 4.97. The summed E-state index contributed by atoms with van der Waals surface area (Å²) in [5, 5.41) is 4.38. The van der Waals surface area contributed by atoms with Gasteiger partial charge in [0.1, 0.15) is 0 Å². The van der Waals surface area contributed by atoms with E-state index in [1.807, 2.05) is 0 Å². The van der Waals surface area contributed by atoms with E-state index < -0.39 is 0 Å². The second kappa shape index (κ2) is 6.72. The van der Waals surface area contributed by atoms with E-state index in [1.54, 1.807) is 11.3 Å². The fourth-order valence-corrected chi connectivity index (χ4v) is 2.96. The number of hydrogen-bond donors (Lipinski definition) is 1. The number of aryl methyl sites for hydroxylation is 2. The van der Waals surface area contributed by atoms with Crippen LogP contribution in [0.2, 0.25) is 0 Å². The van der Waals surface area contributed by atoms with Gasteiger partial charge in [0, 0.05) is 0 Å². The summed E-state index contributed by atoms with van der Waals surface area (Å²) < 4.78 is 0. The molecule has 0 saturated heterocycles. The molecule has 2 rings (SSSR count). The molecule has 2 N–H and O–H groups in total. The Hall–Kier alpha value is -1.12. The number of thiophene rings is 1. The molecule has 0 saturated carbocycles. The van der Waals surface area contributed by atoms with E-state index in [4.69, 9.17) is 5.73 Å². The normalized spacial score (nSPS) is 12.6. The third-order valence-electron chi connectivity index (χ3n) is 3.52. The molecule has 0 aliphatic carbocycles. The van der Waals surface area contributed by atoms with Crippen LogP contribution in [-0.2, 0) is 12.8 Å². The van der Waals surface area contributed by atoms with Gasteiger partial charge < -0.3 is 5.73 Å². The lowest BCUT2D eigenvalue weighted by atomic mass is 9.92. The standard InChI is InChI=1S/C16H21NS/c1-13-4-2-3-5-16(13)10-15(11-17)7-6-14-8-9-18-12-14/h2-5,8-9,12,15H,6-7,10-11,17H2,1H3. The molecule has 0 radical (unpaired) electrons. The van der Waals surface area contributed by atoms with Crippen LogP contribution in [0.3, 0.4) is 0 Å². The maximum atomic E-state index is 5.91. The van der Waals surface area contributed by atoms with Crippen molar-refractivity contribution in [3.63, 3.8) is 0 Å². The lowest BCUT2D eigenvalue weighted by Crippen LogP contribution is -2.18. The monoisotopic (exact) mass is 259 g/mol. The van der Waals surface area contributed by atoms with Gasteiger partial charge in [-0.3, -0.25) is 0 Å². The average Bonchev–Trinajstić information content (AvgIpc) is 2.90. The predicted molar refractivity (Wildman–Crippen MR) is 80.1 cm³/mol. The van der Waals surface area contributed by atoms with Crippen LogP contribution >= 0.6 is 11.3 Å². The second-order valence-electron chi connectivity index (χ2n) is 4.90. The maximum Gasteiger partial charge on any atom is -0.00456 e. The molecule has 1 atom stereocenters. The van der Waals surface area contributed by atoms with Gasteiger partial charge in [0.15, 0.2) is 0 Å². The van der Waals surface area contributed by atoms with Crippen LogP contribution in [0.25, 0.3) is 0 Å². The van der Waals surface area contributed by atoms with Gasteiger partial charge in [0.05, 0.1) is 0 Å². The quantitative estimate of drug-likeness (QED) is 0.839. The summed E-state index contributed by atoms with van der Waals surface area (Å²) in [6.07, 6.45) is 3.44. The first-order chi connectivity index (χ1) is 8.79. The van der Waals surface area contributed by atoms with Crippen molar-refractivity contribution in [1.82, 2.24) is 0 Å². The van der Waals surface area contributed by atoms with E-state index in [0.29, 0.717) is 5.92 Å². The smallest absolute Gasteiger partial charge is 0.00456 e. The Bertz CT molecular complexity index is 462. The Morgan fingerprint density at radius 2 is 2.06 bits per heavy atom. The third kappa shape index (κ3) is 3.69. The lowest BCUT2D eigenvalue weighted by Gasteiger charge is -2.15. The summed E-state index contributed by atoms with van der Waals surface area (Å²) in [5.74, 6) is 0.589. The SMILES string of the molecule is Cc1ccccc1CC(CN)CCc1ccsc1. The highest BCUT2D eigenvalue weighted by Gasteiger charge is 2.09. The van der Waals surface area contributed by atoms with Crippen molar-refractivity contribution in [2.45, 2.75) is 26.2 Å². The van der Waals surface area contributed by atoms with E-state index in [1.165, 1.54) is 23.1 Å². The molecule has 18 heavy (non-hydrogen) atoms. The Labute approximate surface area is 114 Å². The van der Waals surface area contributed by atoms with Crippen molar-refractivity contribution in [3.8, 4) is 0 Å². The molecule has 1 aromatic carbocycles. The molecule has 0 amide bonds. The molecule has 0 spiro atoms. The topological polar surface area (TPSA) is 26.0 Å². The van der Waals surface area contributed by atoms with Crippen LogP contribution in [0.4, 0.5) is 0 Å². The van der Waals surface area contributed by atoms with E-state index in [9.17, 15) is 0 Å². The van der Waals surface area contributed by atoms with Crippen LogP contribution in [0.15, 0.2) is 41.1 Å². The molecule has 0 fully saturated rings. The highest BCUT2D eigenvalue weighted by Crippen LogP contribution is 2.18. The van der Waals surface area contributed by atoms with Crippen LogP contribution in [0.5, 0.6) is 0 Å². The van der Waals surface area contributed by atoms with Crippen LogP contribution in [0, 0.1) is 12.8 Å². The van der Waals surface area contributed by atoms with Gasteiger partial charge in [0.2, 0.25) is 0 Å². The van der Waals surface area contributed by atoms with Gasteiger partial charge >= 0.3 is 0 Å². The Morgan fingerprint density at radius 1 is 1.22 bits per heavy atom. The van der Waals surface area contributed by atoms with Crippen molar-refractivity contribution in [2.75, 3.05) is 6.54 Å². The van der Waals surface area contributed by atoms with Crippen LogP contribution < -0.4 is 5.73 Å². The summed E-state index contributed by atoms with van der Waals surface area (Å²) in [6.45, 7) is 2.96. The number of hydrogen-bond acceptors (Lipinski definition) is 2. The number of rotatable bonds is 6. The first kappa shape index (κ1) is 13.3. The molecule has 0 aliphatic rings. The van der Waals surface area contributed by atoms with Gasteiger partial charge in [0.25, 0.3) is 0 Å². The summed E-state index contributed by atoms with van der Waals surface area (Å²) in [6, 6.07) is 10.8. The minimum absolute atomic E-state index is 0.589. The fraction of sp³-hybridized carbons (Fsp3) is 0.375. The summed E-state index contributed by atoms with van der Waals surface area (Å²) >= 11 is 1.77. The van der Waals surface area contributed by atoms with Crippen molar-refractivity contribution in [1.29, 1.82) is 0 Å². The first-order valence-corrected chi connectivity index (χ1v) is 7.49. The number of benzene rings is 1. The molecular formula is C16H21NS. The predicted octanol–water partition coefficient (Wildman–Crippen LogP) is 3.81. The van der Waals surface area contributed by atoms with Gasteiger partial charge in [-0.2, -0.15) is 11.3 Å². The highest BCUT2D eigenvalue weighted by molar-refractivity contribution is 7.07. The molecule has 96 valence electrons. The Balaban J connectivity index is 1.91. The molecule has 1 unspecified atom stereocenters. The summed E-state index contributed by atoms with van der Waals surface area (Å²) in [5.41, 5.74) is 10.2. The van der Waals surface area contributed by atoms with E-state index in [2.05, 4.69) is 48.0 Å². The van der Waals surface area contributed by atoms with Gasteiger partial charge in [-0.05, 0) is 72.2 Å². The second-order valence-corrected chi connectivity index (χ2v) is 5.68. The molecule has 0 bridgehead atoms. The first-order valence-electron chi connectivity index (χ1n) is 6.55. The van der Waals surface area contributed by atoms with Crippen molar-refractivity contribution in [3.05, 3.63) is 57.8 Å². The third-order valence-corrected chi connectivity index (χ3v) is 4.26. The fourth-order valence-electron chi connectivity index (χ4n) is 2.26. The minimum Gasteiger partial charge on any atom is -0.330 e. The summed E-state index contributed by atoms with van der Waals surface area (Å²) in [4.78, 5) is 0. The zero-order valence-corrected chi connectivity index (χ0v) is 11.7. The highest BCUT2D eigenvalue weighted by atomic mass is 32.1. The molecule has 1 aromatic heterocycles. The number of nitrogens with two attached hydrogens (primary N) is 1. The lowest BCUT2D eigenvalue weighted by molar-refractivity contribution is 0.493.